The summed E-state index contributed by atoms with van der Waals surface area (Å²) in [4.78, 5) is 26.9. The first-order chi connectivity index (χ1) is 16.1. The number of benzene rings is 1. The number of ether oxygens (including phenoxy) is 2. The lowest BCUT2D eigenvalue weighted by Crippen LogP contribution is -3.00. The standard InChI is InChI=1S/C25H27N3O4S.ClH/c1-3-32-25(30)23-18-6-4-7-20(18)33-24(23)26-21(29)15-27-14-19(28-13-5-8-22(27)28)16-9-11-17(31-2)12-10-16;/h9-12,14H,3-8,13,15H2,1-2H3;1H. The molecule has 0 fully saturated rings. The van der Waals surface area contributed by atoms with Crippen molar-refractivity contribution in [3.8, 4) is 17.0 Å². The fraction of sp³-hybridized carbons (Fsp3) is 0.400. The molecule has 5 rings (SSSR count). The van der Waals surface area contributed by atoms with E-state index < -0.39 is 0 Å². The van der Waals surface area contributed by atoms with Gasteiger partial charge in [0.2, 0.25) is 0 Å². The van der Waals surface area contributed by atoms with Gasteiger partial charge >= 0.3 is 5.97 Å². The number of fused-ring (bicyclic) bond motifs is 2. The van der Waals surface area contributed by atoms with E-state index in [9.17, 15) is 9.59 Å². The maximum atomic E-state index is 13.1. The monoisotopic (exact) mass is 501 g/mol. The smallest absolute Gasteiger partial charge is 0.341 e. The molecule has 1 aromatic carbocycles. The van der Waals surface area contributed by atoms with E-state index >= 15 is 0 Å². The Hall–Kier alpha value is -2.84. The minimum Gasteiger partial charge on any atom is -1.00 e. The second-order valence-corrected chi connectivity index (χ2v) is 9.48. The normalized spacial score (nSPS) is 13.7. The average Bonchev–Trinajstić information content (AvgIpc) is 3.56. The largest absolute Gasteiger partial charge is 1.00 e. The van der Waals surface area contributed by atoms with Gasteiger partial charge in [-0.05, 0) is 62.4 Å². The van der Waals surface area contributed by atoms with Gasteiger partial charge in [0, 0.05) is 10.4 Å². The molecule has 1 N–H and O–H groups in total. The highest BCUT2D eigenvalue weighted by Crippen LogP contribution is 2.39. The highest BCUT2D eigenvalue weighted by atomic mass is 35.5. The number of nitrogens with one attached hydrogen (secondary N) is 1. The minimum atomic E-state index is -0.341. The molecule has 1 aliphatic carbocycles. The Morgan fingerprint density at radius 1 is 1.15 bits per heavy atom. The van der Waals surface area contributed by atoms with Crippen LogP contribution in [0.3, 0.4) is 0 Å². The third-order valence-corrected chi connectivity index (χ3v) is 7.55. The minimum absolute atomic E-state index is 0. The summed E-state index contributed by atoms with van der Waals surface area (Å²) in [5, 5.41) is 3.64. The van der Waals surface area contributed by atoms with Gasteiger partial charge in [0.25, 0.3) is 11.7 Å². The quantitative estimate of drug-likeness (QED) is 0.383. The molecule has 2 aliphatic rings. The molecule has 1 amide bonds. The van der Waals surface area contributed by atoms with E-state index in [1.807, 2.05) is 28.8 Å². The number of methoxy groups -OCH3 is 1. The number of rotatable bonds is 7. The molecular formula is C25H28ClN3O4S. The van der Waals surface area contributed by atoms with Crippen molar-refractivity contribution in [3.05, 3.63) is 52.3 Å². The number of carbonyl (C=O) groups excluding carboxylic acids is 2. The van der Waals surface area contributed by atoms with Gasteiger partial charge in [0.1, 0.15) is 16.9 Å². The van der Waals surface area contributed by atoms with Crippen LogP contribution in [0.1, 0.15) is 46.4 Å². The molecule has 0 radical (unpaired) electrons. The summed E-state index contributed by atoms with van der Waals surface area (Å²) in [5.41, 5.74) is 3.79. The van der Waals surface area contributed by atoms with E-state index in [-0.39, 0.29) is 30.8 Å². The number of hydrogen-bond acceptors (Lipinski definition) is 5. The Morgan fingerprint density at radius 3 is 2.68 bits per heavy atom. The van der Waals surface area contributed by atoms with Crippen LogP contribution < -0.4 is 27.0 Å². The molecule has 9 heteroatoms. The predicted molar refractivity (Wildman–Crippen MR) is 126 cm³/mol. The van der Waals surface area contributed by atoms with Gasteiger partial charge in [0.05, 0.1) is 32.2 Å². The highest BCUT2D eigenvalue weighted by molar-refractivity contribution is 7.17. The Balaban J connectivity index is 0.00000274. The van der Waals surface area contributed by atoms with Crippen molar-refractivity contribution in [2.75, 3.05) is 19.0 Å². The number of imidazole rings is 1. The summed E-state index contributed by atoms with van der Waals surface area (Å²) < 4.78 is 14.9. The zero-order valence-electron chi connectivity index (χ0n) is 19.4. The zero-order valence-corrected chi connectivity index (χ0v) is 20.9. The van der Waals surface area contributed by atoms with Crippen molar-refractivity contribution >= 4 is 28.2 Å². The maximum absolute atomic E-state index is 13.1. The van der Waals surface area contributed by atoms with Crippen LogP contribution in [-0.4, -0.2) is 30.2 Å². The molecule has 34 heavy (non-hydrogen) atoms. The number of halogens is 1. The van der Waals surface area contributed by atoms with E-state index in [4.69, 9.17) is 9.47 Å². The van der Waals surface area contributed by atoms with Gasteiger partial charge in [-0.3, -0.25) is 4.79 Å². The van der Waals surface area contributed by atoms with Crippen LogP contribution >= 0.6 is 11.3 Å². The van der Waals surface area contributed by atoms with Gasteiger partial charge in [0.15, 0.2) is 12.2 Å². The van der Waals surface area contributed by atoms with Crippen LogP contribution in [-0.2, 0) is 41.9 Å². The van der Waals surface area contributed by atoms with E-state index in [1.165, 1.54) is 16.2 Å². The predicted octanol–water partition coefficient (Wildman–Crippen LogP) is 0.767. The molecule has 0 unspecified atom stereocenters. The molecule has 0 bridgehead atoms. The Labute approximate surface area is 209 Å². The SMILES string of the molecule is CCOC(=O)c1c(NC(=O)C[n+]2cc(-c3ccc(OC)cc3)n3c2CCC3)sc2c1CCC2.[Cl-]. The molecule has 2 aromatic heterocycles. The summed E-state index contributed by atoms with van der Waals surface area (Å²) in [6.45, 7) is 3.26. The molecule has 0 spiro atoms. The summed E-state index contributed by atoms with van der Waals surface area (Å²) in [6.07, 6.45) is 6.91. The highest BCUT2D eigenvalue weighted by Gasteiger charge is 2.31. The first-order valence-corrected chi connectivity index (χ1v) is 12.3. The Bertz CT molecular complexity index is 1220. The van der Waals surface area contributed by atoms with Crippen molar-refractivity contribution in [1.82, 2.24) is 4.57 Å². The van der Waals surface area contributed by atoms with E-state index in [2.05, 4.69) is 16.1 Å². The molecule has 3 heterocycles. The molecule has 180 valence electrons. The van der Waals surface area contributed by atoms with Crippen LogP contribution in [0.5, 0.6) is 5.75 Å². The number of carbonyl (C=O) groups is 2. The fourth-order valence-electron chi connectivity index (χ4n) is 4.87. The first-order valence-electron chi connectivity index (χ1n) is 11.5. The lowest BCUT2D eigenvalue weighted by atomic mass is 10.1. The van der Waals surface area contributed by atoms with Crippen molar-refractivity contribution < 1.29 is 36.0 Å². The zero-order chi connectivity index (χ0) is 22.9. The Morgan fingerprint density at radius 2 is 1.94 bits per heavy atom. The maximum Gasteiger partial charge on any atom is 0.341 e. The fourth-order valence-corrected chi connectivity index (χ4v) is 6.16. The number of nitrogens with zero attached hydrogens (tertiary/aromatic N) is 2. The topological polar surface area (TPSA) is 73.4 Å². The van der Waals surface area contributed by atoms with Gasteiger partial charge in [-0.1, -0.05) is 0 Å². The van der Waals surface area contributed by atoms with Crippen LogP contribution in [0.25, 0.3) is 11.3 Å². The van der Waals surface area contributed by atoms with Gasteiger partial charge in [-0.25, -0.2) is 13.9 Å². The Kier molecular flexibility index (Phi) is 7.28. The summed E-state index contributed by atoms with van der Waals surface area (Å²) in [7, 11) is 1.66. The molecule has 1 aliphatic heterocycles. The van der Waals surface area contributed by atoms with Crippen LogP contribution in [0.4, 0.5) is 5.00 Å². The molecule has 3 aromatic rings. The average molecular weight is 502 g/mol. The van der Waals surface area contributed by atoms with Crippen LogP contribution in [0.15, 0.2) is 30.5 Å². The number of esters is 1. The second kappa shape index (κ2) is 10.2. The van der Waals surface area contributed by atoms with Crippen molar-refractivity contribution in [3.63, 3.8) is 0 Å². The van der Waals surface area contributed by atoms with E-state index in [0.29, 0.717) is 17.2 Å². The third-order valence-electron chi connectivity index (χ3n) is 6.35. The van der Waals surface area contributed by atoms with E-state index in [0.717, 1.165) is 67.0 Å². The lowest BCUT2D eigenvalue weighted by molar-refractivity contribution is -0.690. The summed E-state index contributed by atoms with van der Waals surface area (Å²) in [5.74, 6) is 1.49. The number of thiophene rings is 1. The van der Waals surface area contributed by atoms with Crippen molar-refractivity contribution in [2.45, 2.75) is 52.1 Å². The molecule has 0 saturated carbocycles. The number of anilines is 1. The van der Waals surface area contributed by atoms with Crippen LogP contribution in [0, 0.1) is 0 Å². The number of aryl methyl sites for hydroxylation is 1. The number of aromatic nitrogens is 2. The summed E-state index contributed by atoms with van der Waals surface area (Å²) in [6, 6.07) is 7.99. The van der Waals surface area contributed by atoms with Gasteiger partial charge in [-0.2, -0.15) is 0 Å². The molecule has 0 saturated heterocycles. The molecule has 7 nitrogen and oxygen atoms in total. The number of hydrogen-bond donors (Lipinski definition) is 1. The molecular weight excluding hydrogens is 474 g/mol. The summed E-state index contributed by atoms with van der Waals surface area (Å²) >= 11 is 1.51. The number of amides is 1. The van der Waals surface area contributed by atoms with Crippen molar-refractivity contribution in [2.24, 2.45) is 0 Å². The third kappa shape index (κ3) is 4.44. The van der Waals surface area contributed by atoms with E-state index in [1.54, 1.807) is 14.0 Å². The molecule has 0 atom stereocenters. The first kappa shape index (κ1) is 24.3. The van der Waals surface area contributed by atoms with Gasteiger partial charge < -0.3 is 27.2 Å². The lowest BCUT2D eigenvalue weighted by Gasteiger charge is -2.07. The van der Waals surface area contributed by atoms with Crippen molar-refractivity contribution in [1.29, 1.82) is 0 Å². The van der Waals surface area contributed by atoms with Gasteiger partial charge in [-0.15, -0.1) is 11.3 Å². The van der Waals surface area contributed by atoms with Crippen LogP contribution in [0.2, 0.25) is 0 Å². The second-order valence-electron chi connectivity index (χ2n) is 8.37.